The maximum Gasteiger partial charge on any atom is 0.237 e. The maximum atomic E-state index is 12.5. The minimum absolute atomic E-state index is 0.0433. The number of hydrogen-bond acceptors (Lipinski definition) is 4. The third kappa shape index (κ3) is 4.01. The van der Waals surface area contributed by atoms with Gasteiger partial charge in [0.1, 0.15) is 5.82 Å². The lowest BCUT2D eigenvalue weighted by Crippen LogP contribution is -2.24. The van der Waals surface area contributed by atoms with E-state index in [9.17, 15) is 4.79 Å². The van der Waals surface area contributed by atoms with Gasteiger partial charge >= 0.3 is 0 Å². The Labute approximate surface area is 141 Å². The lowest BCUT2D eigenvalue weighted by Gasteiger charge is -2.15. The molecule has 1 heterocycles. The molecule has 1 N–H and O–H groups in total. The molecule has 0 aliphatic heterocycles. The lowest BCUT2D eigenvalue weighted by atomic mass is 10.1. The zero-order valence-corrected chi connectivity index (χ0v) is 14.8. The highest BCUT2D eigenvalue weighted by atomic mass is 32.2. The van der Waals surface area contributed by atoms with Crippen molar-refractivity contribution >= 4 is 23.4 Å². The van der Waals surface area contributed by atoms with Crippen LogP contribution in [0.4, 0.5) is 5.69 Å². The van der Waals surface area contributed by atoms with Crippen LogP contribution in [0.15, 0.2) is 36.0 Å². The standard InChI is InChI=1S/C17H22N4OS/c1-6-10-21-14(5)19-20-17(21)23-13(4)16(22)18-15-11(2)8-7-9-12(15)3/h6-9,13H,1,10H2,2-5H3,(H,18,22)/t13-/m0/s1. The van der Waals surface area contributed by atoms with Gasteiger partial charge in [0.05, 0.1) is 5.25 Å². The van der Waals surface area contributed by atoms with Gasteiger partial charge < -0.3 is 9.88 Å². The van der Waals surface area contributed by atoms with Crippen molar-refractivity contribution in [2.75, 3.05) is 5.32 Å². The van der Waals surface area contributed by atoms with Crippen LogP contribution in [0.25, 0.3) is 0 Å². The number of rotatable bonds is 6. The number of benzene rings is 1. The van der Waals surface area contributed by atoms with Crippen LogP contribution in [0.3, 0.4) is 0 Å². The van der Waals surface area contributed by atoms with Gasteiger partial charge in [-0.2, -0.15) is 0 Å². The number of carbonyl (C=O) groups excluding carboxylic acids is 1. The Morgan fingerprint density at radius 1 is 1.35 bits per heavy atom. The quantitative estimate of drug-likeness (QED) is 0.650. The first-order valence-corrected chi connectivity index (χ1v) is 8.36. The Balaban J connectivity index is 2.10. The fraction of sp³-hybridized carbons (Fsp3) is 0.353. The van der Waals surface area contributed by atoms with Gasteiger partial charge in [0.2, 0.25) is 5.91 Å². The molecule has 0 spiro atoms. The Kier molecular flexibility index (Phi) is 5.60. The second kappa shape index (κ2) is 7.46. The highest BCUT2D eigenvalue weighted by Crippen LogP contribution is 2.25. The van der Waals surface area contributed by atoms with Crippen molar-refractivity contribution in [2.24, 2.45) is 0 Å². The minimum atomic E-state index is -0.277. The molecular formula is C17H22N4OS. The van der Waals surface area contributed by atoms with Crippen LogP contribution >= 0.6 is 11.8 Å². The predicted octanol–water partition coefficient (Wildman–Crippen LogP) is 3.51. The van der Waals surface area contributed by atoms with Gasteiger partial charge in [-0.25, -0.2) is 0 Å². The van der Waals surface area contributed by atoms with Crippen molar-refractivity contribution in [1.29, 1.82) is 0 Å². The Bertz CT molecular complexity index is 703. The summed E-state index contributed by atoms with van der Waals surface area (Å²) >= 11 is 1.40. The Morgan fingerprint density at radius 2 is 2.00 bits per heavy atom. The molecule has 6 heteroatoms. The van der Waals surface area contributed by atoms with Crippen LogP contribution in [0.5, 0.6) is 0 Å². The van der Waals surface area contributed by atoms with E-state index in [1.165, 1.54) is 11.8 Å². The summed E-state index contributed by atoms with van der Waals surface area (Å²) in [4.78, 5) is 12.5. The van der Waals surface area contributed by atoms with E-state index in [2.05, 4.69) is 22.1 Å². The van der Waals surface area contributed by atoms with E-state index in [-0.39, 0.29) is 11.2 Å². The molecule has 0 aliphatic carbocycles. The maximum absolute atomic E-state index is 12.5. The van der Waals surface area contributed by atoms with Crippen molar-refractivity contribution in [1.82, 2.24) is 14.8 Å². The number of aromatic nitrogens is 3. The second-order valence-corrected chi connectivity index (χ2v) is 6.75. The van der Waals surface area contributed by atoms with Crippen molar-refractivity contribution in [2.45, 2.75) is 44.6 Å². The third-order valence-electron chi connectivity index (χ3n) is 3.59. The molecule has 5 nitrogen and oxygen atoms in total. The van der Waals surface area contributed by atoms with E-state index in [0.717, 1.165) is 27.8 Å². The molecule has 23 heavy (non-hydrogen) atoms. The second-order valence-electron chi connectivity index (χ2n) is 5.45. The summed E-state index contributed by atoms with van der Waals surface area (Å²) in [5, 5.41) is 11.7. The number of hydrogen-bond donors (Lipinski definition) is 1. The van der Waals surface area contributed by atoms with E-state index in [4.69, 9.17) is 0 Å². The summed E-state index contributed by atoms with van der Waals surface area (Å²) in [6.45, 7) is 12.1. The van der Waals surface area contributed by atoms with E-state index >= 15 is 0 Å². The smallest absolute Gasteiger partial charge is 0.237 e. The van der Waals surface area contributed by atoms with Gasteiger partial charge in [0.25, 0.3) is 0 Å². The first-order valence-electron chi connectivity index (χ1n) is 7.48. The molecule has 0 unspecified atom stereocenters. The molecule has 0 aliphatic rings. The molecule has 0 saturated heterocycles. The van der Waals surface area contributed by atoms with E-state index in [0.29, 0.717) is 6.54 Å². The number of aryl methyl sites for hydroxylation is 3. The number of amides is 1. The largest absolute Gasteiger partial charge is 0.325 e. The summed E-state index contributed by atoms with van der Waals surface area (Å²) < 4.78 is 1.94. The number of nitrogens with zero attached hydrogens (tertiary/aromatic N) is 3. The zero-order chi connectivity index (χ0) is 17.0. The Morgan fingerprint density at radius 3 is 2.61 bits per heavy atom. The van der Waals surface area contributed by atoms with Crippen molar-refractivity contribution in [3.63, 3.8) is 0 Å². The molecule has 2 rings (SSSR count). The Hall–Kier alpha value is -2.08. The van der Waals surface area contributed by atoms with Gasteiger partial charge in [-0.1, -0.05) is 36.0 Å². The number of para-hydroxylation sites is 1. The average molecular weight is 330 g/mol. The van der Waals surface area contributed by atoms with Gasteiger partial charge in [-0.05, 0) is 38.8 Å². The summed E-state index contributed by atoms with van der Waals surface area (Å²) in [7, 11) is 0. The number of anilines is 1. The lowest BCUT2D eigenvalue weighted by molar-refractivity contribution is -0.115. The van der Waals surface area contributed by atoms with Crippen LogP contribution in [0, 0.1) is 20.8 Å². The molecule has 1 aromatic heterocycles. The number of nitrogens with one attached hydrogen (secondary N) is 1. The van der Waals surface area contributed by atoms with Gasteiger partial charge in [0, 0.05) is 12.2 Å². The average Bonchev–Trinajstić information content (AvgIpc) is 2.84. The molecule has 0 saturated carbocycles. The molecule has 0 bridgehead atoms. The zero-order valence-electron chi connectivity index (χ0n) is 14.0. The topological polar surface area (TPSA) is 59.8 Å². The fourth-order valence-corrected chi connectivity index (χ4v) is 3.14. The van der Waals surface area contributed by atoms with Crippen LogP contribution in [-0.2, 0) is 11.3 Å². The minimum Gasteiger partial charge on any atom is -0.325 e. The highest BCUT2D eigenvalue weighted by molar-refractivity contribution is 8.00. The first-order chi connectivity index (χ1) is 10.9. The van der Waals surface area contributed by atoms with Crippen LogP contribution in [0.2, 0.25) is 0 Å². The van der Waals surface area contributed by atoms with E-state index < -0.39 is 0 Å². The summed E-state index contributed by atoms with van der Waals surface area (Å²) in [6.07, 6.45) is 1.79. The molecule has 0 fully saturated rings. The predicted molar refractivity (Wildman–Crippen MR) is 94.8 cm³/mol. The summed E-state index contributed by atoms with van der Waals surface area (Å²) in [6, 6.07) is 5.97. The van der Waals surface area contributed by atoms with Crippen LogP contribution < -0.4 is 5.32 Å². The van der Waals surface area contributed by atoms with Crippen LogP contribution in [-0.4, -0.2) is 25.9 Å². The highest BCUT2D eigenvalue weighted by Gasteiger charge is 2.19. The molecule has 1 amide bonds. The van der Waals surface area contributed by atoms with Crippen LogP contribution in [0.1, 0.15) is 23.9 Å². The number of thioether (sulfide) groups is 1. The molecule has 0 radical (unpaired) electrons. The number of carbonyl (C=O) groups is 1. The summed E-state index contributed by atoms with van der Waals surface area (Å²) in [5.41, 5.74) is 3.00. The molecule has 1 atom stereocenters. The van der Waals surface area contributed by atoms with Gasteiger partial charge in [0.15, 0.2) is 5.16 Å². The molecule has 2 aromatic rings. The van der Waals surface area contributed by atoms with E-state index in [1.54, 1.807) is 6.08 Å². The normalized spacial score (nSPS) is 12.0. The molecular weight excluding hydrogens is 308 g/mol. The van der Waals surface area contributed by atoms with Crippen molar-refractivity contribution in [3.8, 4) is 0 Å². The SMILES string of the molecule is C=CCn1c(C)nnc1S[C@@H](C)C(=O)Nc1c(C)cccc1C. The third-order valence-corrected chi connectivity index (χ3v) is 4.67. The van der Waals surface area contributed by atoms with Crippen molar-refractivity contribution < 1.29 is 4.79 Å². The number of allylic oxidation sites excluding steroid dienone is 1. The van der Waals surface area contributed by atoms with E-state index in [1.807, 2.05) is 50.5 Å². The van der Waals surface area contributed by atoms with Gasteiger partial charge in [-0.3, -0.25) is 4.79 Å². The molecule has 1 aromatic carbocycles. The fourth-order valence-electron chi connectivity index (χ4n) is 2.24. The monoisotopic (exact) mass is 330 g/mol. The van der Waals surface area contributed by atoms with Crippen molar-refractivity contribution in [3.05, 3.63) is 47.8 Å². The van der Waals surface area contributed by atoms with Gasteiger partial charge in [-0.15, -0.1) is 16.8 Å². The first kappa shape index (κ1) is 17.3. The summed E-state index contributed by atoms with van der Waals surface area (Å²) in [5.74, 6) is 0.771. The molecule has 122 valence electrons.